The second-order valence-corrected chi connectivity index (χ2v) is 4.79. The summed E-state index contributed by atoms with van der Waals surface area (Å²) in [5.74, 6) is -1.01. The number of amides is 2. The number of hydrogen-bond donors (Lipinski definition) is 3. The summed E-state index contributed by atoms with van der Waals surface area (Å²) in [6.45, 7) is 5.74. The van der Waals surface area contributed by atoms with Crippen molar-refractivity contribution < 1.29 is 24.2 Å². The number of carbonyl (C=O) groups excluding carboxylic acids is 1. The van der Waals surface area contributed by atoms with Gasteiger partial charge in [0, 0.05) is 20.3 Å². The van der Waals surface area contributed by atoms with Gasteiger partial charge in [-0.1, -0.05) is 13.8 Å². The molecule has 0 rings (SSSR count). The fourth-order valence-corrected chi connectivity index (χ4v) is 1.82. The molecule has 0 bridgehead atoms. The van der Waals surface area contributed by atoms with E-state index in [0.717, 1.165) is 12.8 Å². The lowest BCUT2D eigenvalue weighted by Gasteiger charge is -2.28. The number of unbranched alkanes of at least 4 members (excludes halogenated alkanes) is 1. The molecular weight excluding hydrogens is 276 g/mol. The minimum absolute atomic E-state index is 0.347. The Bertz CT molecular complexity index is 306. The van der Waals surface area contributed by atoms with Crippen molar-refractivity contribution in [2.24, 2.45) is 0 Å². The zero-order valence-electron chi connectivity index (χ0n) is 13.2. The van der Waals surface area contributed by atoms with Crippen LogP contribution in [0.25, 0.3) is 0 Å². The molecule has 0 saturated carbocycles. The number of methoxy groups -OCH3 is 1. The molecule has 0 radical (unpaired) electrons. The van der Waals surface area contributed by atoms with Gasteiger partial charge < -0.3 is 25.2 Å². The molecule has 21 heavy (non-hydrogen) atoms. The number of carboxylic acid groups (broad SMARTS) is 1. The Morgan fingerprint density at radius 2 is 1.76 bits per heavy atom. The first kappa shape index (κ1) is 19.7. The summed E-state index contributed by atoms with van der Waals surface area (Å²) in [4.78, 5) is 23.0. The molecule has 0 aliphatic rings. The lowest BCUT2D eigenvalue weighted by molar-refractivity contribution is -0.144. The normalized spacial score (nSPS) is 11.2. The number of nitrogens with one attached hydrogen (secondary N) is 2. The van der Waals surface area contributed by atoms with Crippen LogP contribution in [0.1, 0.15) is 39.5 Å². The molecule has 3 N–H and O–H groups in total. The van der Waals surface area contributed by atoms with Gasteiger partial charge in [-0.25, -0.2) is 9.59 Å². The van der Waals surface area contributed by atoms with E-state index >= 15 is 0 Å². The van der Waals surface area contributed by atoms with Crippen LogP contribution in [0, 0.1) is 0 Å². The predicted molar refractivity (Wildman–Crippen MR) is 79.4 cm³/mol. The molecule has 124 valence electrons. The maximum Gasteiger partial charge on any atom is 0.329 e. The zero-order chi connectivity index (χ0) is 16.1. The highest BCUT2D eigenvalue weighted by Gasteiger charge is 2.36. The lowest BCUT2D eigenvalue weighted by Crippen LogP contribution is -2.56. The fraction of sp³-hybridized carbons (Fsp3) is 0.857. The van der Waals surface area contributed by atoms with Crippen LogP contribution in [0.4, 0.5) is 4.79 Å². The van der Waals surface area contributed by atoms with Crippen LogP contribution in [0.5, 0.6) is 0 Å². The van der Waals surface area contributed by atoms with E-state index in [0.29, 0.717) is 39.2 Å². The minimum atomic E-state index is -1.19. The Morgan fingerprint density at radius 1 is 1.10 bits per heavy atom. The van der Waals surface area contributed by atoms with Crippen LogP contribution >= 0.6 is 0 Å². The number of carboxylic acids is 1. The Labute approximate surface area is 126 Å². The molecular formula is C14H28N2O5. The highest BCUT2D eigenvalue weighted by Crippen LogP contribution is 2.15. The second-order valence-electron chi connectivity index (χ2n) is 4.79. The van der Waals surface area contributed by atoms with Gasteiger partial charge >= 0.3 is 12.0 Å². The summed E-state index contributed by atoms with van der Waals surface area (Å²) in [5.41, 5.74) is -1.19. The maximum absolute atomic E-state index is 11.7. The quantitative estimate of drug-likeness (QED) is 0.473. The lowest BCUT2D eigenvalue weighted by atomic mass is 9.93. The molecule has 0 unspecified atom stereocenters. The highest BCUT2D eigenvalue weighted by molar-refractivity contribution is 5.86. The summed E-state index contributed by atoms with van der Waals surface area (Å²) >= 11 is 0. The van der Waals surface area contributed by atoms with Crippen molar-refractivity contribution in [2.75, 3.05) is 33.5 Å². The molecule has 0 heterocycles. The molecule has 0 aromatic carbocycles. The molecule has 0 aliphatic carbocycles. The average Bonchev–Trinajstić information content (AvgIpc) is 2.47. The third-order valence-electron chi connectivity index (χ3n) is 3.40. The third-order valence-corrected chi connectivity index (χ3v) is 3.40. The number of hydrogen-bond acceptors (Lipinski definition) is 4. The van der Waals surface area contributed by atoms with Gasteiger partial charge in [-0.3, -0.25) is 0 Å². The molecule has 0 saturated heterocycles. The van der Waals surface area contributed by atoms with E-state index in [1.54, 1.807) is 21.0 Å². The molecule has 0 aromatic rings. The van der Waals surface area contributed by atoms with Crippen LogP contribution in [-0.4, -0.2) is 56.1 Å². The number of carbonyl (C=O) groups is 2. The zero-order valence-corrected chi connectivity index (χ0v) is 13.2. The molecule has 0 atom stereocenters. The first-order valence-electron chi connectivity index (χ1n) is 7.38. The predicted octanol–water partition coefficient (Wildman–Crippen LogP) is 1.37. The van der Waals surface area contributed by atoms with Crippen molar-refractivity contribution in [3.05, 3.63) is 0 Å². The van der Waals surface area contributed by atoms with Gasteiger partial charge in [-0.05, 0) is 25.7 Å². The van der Waals surface area contributed by atoms with Gasteiger partial charge in [-0.2, -0.15) is 0 Å². The van der Waals surface area contributed by atoms with Gasteiger partial charge in [0.25, 0.3) is 0 Å². The van der Waals surface area contributed by atoms with Crippen molar-refractivity contribution in [3.8, 4) is 0 Å². The Balaban J connectivity index is 3.82. The standard InChI is InChI=1S/C14H28N2O5/c1-4-14(5-2,12(17)18)16-13(19)15-8-6-7-9-21-11-10-20-3/h4-11H2,1-3H3,(H,17,18)(H2,15,16,19). The van der Waals surface area contributed by atoms with Crippen molar-refractivity contribution in [1.29, 1.82) is 0 Å². The van der Waals surface area contributed by atoms with E-state index in [1.165, 1.54) is 0 Å². The maximum atomic E-state index is 11.7. The number of ether oxygens (including phenoxy) is 2. The van der Waals surface area contributed by atoms with E-state index in [1.807, 2.05) is 0 Å². The molecule has 0 aliphatic heterocycles. The van der Waals surface area contributed by atoms with Crippen LogP contribution in [-0.2, 0) is 14.3 Å². The first-order chi connectivity index (χ1) is 10.0. The first-order valence-corrected chi connectivity index (χ1v) is 7.38. The molecule has 0 fully saturated rings. The molecule has 0 spiro atoms. The van der Waals surface area contributed by atoms with Gasteiger partial charge in [0.15, 0.2) is 0 Å². The molecule has 7 nitrogen and oxygen atoms in total. The third kappa shape index (κ3) is 7.87. The van der Waals surface area contributed by atoms with Crippen molar-refractivity contribution in [2.45, 2.75) is 45.1 Å². The number of rotatable bonds is 12. The van der Waals surface area contributed by atoms with Crippen LogP contribution < -0.4 is 10.6 Å². The van der Waals surface area contributed by atoms with E-state index in [2.05, 4.69) is 10.6 Å². The largest absolute Gasteiger partial charge is 0.480 e. The summed E-state index contributed by atoms with van der Waals surface area (Å²) in [6, 6.07) is -0.443. The van der Waals surface area contributed by atoms with Crippen LogP contribution in [0.2, 0.25) is 0 Å². The molecule has 0 aromatic heterocycles. The van der Waals surface area contributed by atoms with Crippen LogP contribution in [0.3, 0.4) is 0 Å². The molecule has 7 heteroatoms. The average molecular weight is 304 g/mol. The van der Waals surface area contributed by atoms with Gasteiger partial charge in [0.2, 0.25) is 0 Å². The number of aliphatic carboxylic acids is 1. The topological polar surface area (TPSA) is 96.9 Å². The minimum Gasteiger partial charge on any atom is -0.480 e. The summed E-state index contributed by atoms with van der Waals surface area (Å²) in [6.07, 6.45) is 2.30. The van der Waals surface area contributed by atoms with E-state index < -0.39 is 17.5 Å². The smallest absolute Gasteiger partial charge is 0.329 e. The summed E-state index contributed by atoms with van der Waals surface area (Å²) in [5, 5.41) is 14.4. The Hall–Kier alpha value is -1.34. The van der Waals surface area contributed by atoms with Gasteiger partial charge in [0.05, 0.1) is 13.2 Å². The van der Waals surface area contributed by atoms with Crippen molar-refractivity contribution >= 4 is 12.0 Å². The summed E-state index contributed by atoms with van der Waals surface area (Å²) in [7, 11) is 1.62. The SMILES string of the molecule is CCC(CC)(NC(=O)NCCCCOCCOC)C(=O)O. The number of urea groups is 1. The monoisotopic (exact) mass is 304 g/mol. The highest BCUT2D eigenvalue weighted by atomic mass is 16.5. The van der Waals surface area contributed by atoms with Crippen LogP contribution in [0.15, 0.2) is 0 Å². The Morgan fingerprint density at radius 3 is 2.29 bits per heavy atom. The Kier molecular flexibility index (Phi) is 10.6. The molecule has 2 amide bonds. The van der Waals surface area contributed by atoms with E-state index in [4.69, 9.17) is 9.47 Å². The van der Waals surface area contributed by atoms with Crippen molar-refractivity contribution in [1.82, 2.24) is 10.6 Å². The summed E-state index contributed by atoms with van der Waals surface area (Å²) < 4.78 is 10.1. The fourth-order valence-electron chi connectivity index (χ4n) is 1.82. The van der Waals surface area contributed by atoms with Crippen molar-refractivity contribution in [3.63, 3.8) is 0 Å². The van der Waals surface area contributed by atoms with E-state index in [9.17, 15) is 14.7 Å². The van der Waals surface area contributed by atoms with E-state index in [-0.39, 0.29) is 0 Å². The second kappa shape index (κ2) is 11.3. The van der Waals surface area contributed by atoms with Gasteiger partial charge in [0.1, 0.15) is 5.54 Å². The van der Waals surface area contributed by atoms with Gasteiger partial charge in [-0.15, -0.1) is 0 Å².